The number of carbonyl (C=O) groups is 1. The molecule has 0 bridgehead atoms. The number of amides is 1. The summed E-state index contributed by atoms with van der Waals surface area (Å²) in [5.74, 6) is -2.01. The first-order valence-electron chi connectivity index (χ1n) is 7.17. The van der Waals surface area contributed by atoms with Crippen molar-refractivity contribution in [1.29, 1.82) is 0 Å². The number of carbonyl (C=O) groups excluding carboxylic acids is 1. The average molecular weight is 297 g/mol. The Morgan fingerprint density at radius 3 is 2.57 bits per heavy atom. The van der Waals surface area contributed by atoms with Crippen molar-refractivity contribution in [3.8, 4) is 0 Å². The average Bonchev–Trinajstić information content (AvgIpc) is 2.51. The molecule has 0 saturated carbocycles. The van der Waals surface area contributed by atoms with Gasteiger partial charge in [-0.05, 0) is 13.0 Å². The van der Waals surface area contributed by atoms with Gasteiger partial charge in [-0.3, -0.25) is 9.69 Å². The zero-order valence-electron chi connectivity index (χ0n) is 12.2. The van der Waals surface area contributed by atoms with Gasteiger partial charge >= 0.3 is 0 Å². The van der Waals surface area contributed by atoms with Crippen molar-refractivity contribution >= 4 is 5.91 Å². The van der Waals surface area contributed by atoms with E-state index in [1.807, 2.05) is 0 Å². The largest absolute Gasteiger partial charge is 0.340 e. The molecule has 2 rings (SSSR count). The SMILES string of the molecule is CC(CN)N1CCN(C(=O)Cc2cccc(F)c2F)CC1. The van der Waals surface area contributed by atoms with E-state index in [4.69, 9.17) is 5.73 Å². The molecule has 1 amide bonds. The minimum atomic E-state index is -0.929. The second-order valence-electron chi connectivity index (χ2n) is 5.39. The van der Waals surface area contributed by atoms with E-state index in [1.54, 1.807) is 4.90 Å². The first kappa shape index (κ1) is 15.9. The summed E-state index contributed by atoms with van der Waals surface area (Å²) in [4.78, 5) is 16.1. The Bertz CT molecular complexity index is 502. The summed E-state index contributed by atoms with van der Waals surface area (Å²) in [6.07, 6.45) is -0.101. The van der Waals surface area contributed by atoms with Crippen LogP contribution in [0.25, 0.3) is 0 Å². The standard InChI is InChI=1S/C15H21F2N3O/c1-11(10-18)19-5-7-20(8-6-19)14(21)9-12-3-2-4-13(16)15(12)17/h2-4,11H,5-10,18H2,1H3. The molecular weight excluding hydrogens is 276 g/mol. The van der Waals surface area contributed by atoms with Crippen molar-refractivity contribution in [2.24, 2.45) is 5.73 Å². The number of nitrogens with two attached hydrogens (primary N) is 1. The van der Waals surface area contributed by atoms with E-state index in [0.717, 1.165) is 19.2 Å². The van der Waals surface area contributed by atoms with E-state index in [-0.39, 0.29) is 17.9 Å². The van der Waals surface area contributed by atoms with Crippen LogP contribution in [0, 0.1) is 11.6 Å². The van der Waals surface area contributed by atoms with Gasteiger partial charge in [-0.25, -0.2) is 8.78 Å². The van der Waals surface area contributed by atoms with Crippen molar-refractivity contribution in [1.82, 2.24) is 9.80 Å². The molecule has 0 aromatic heterocycles. The lowest BCUT2D eigenvalue weighted by molar-refractivity contribution is -0.132. The van der Waals surface area contributed by atoms with E-state index < -0.39 is 11.6 Å². The highest BCUT2D eigenvalue weighted by molar-refractivity contribution is 5.79. The molecule has 1 aliphatic heterocycles. The zero-order valence-corrected chi connectivity index (χ0v) is 12.2. The molecule has 1 heterocycles. The van der Waals surface area contributed by atoms with Crippen molar-refractivity contribution in [3.63, 3.8) is 0 Å². The highest BCUT2D eigenvalue weighted by Gasteiger charge is 2.24. The quantitative estimate of drug-likeness (QED) is 0.902. The van der Waals surface area contributed by atoms with Crippen molar-refractivity contribution < 1.29 is 13.6 Å². The molecule has 1 aromatic rings. The van der Waals surface area contributed by atoms with E-state index in [0.29, 0.717) is 25.7 Å². The molecular formula is C15H21F2N3O. The van der Waals surface area contributed by atoms with E-state index in [1.165, 1.54) is 12.1 Å². The number of piperazine rings is 1. The Morgan fingerprint density at radius 1 is 1.29 bits per heavy atom. The summed E-state index contributed by atoms with van der Waals surface area (Å²) in [5, 5.41) is 0. The fourth-order valence-corrected chi connectivity index (χ4v) is 2.52. The van der Waals surface area contributed by atoms with Gasteiger partial charge in [0.1, 0.15) is 0 Å². The van der Waals surface area contributed by atoms with Gasteiger partial charge in [0.25, 0.3) is 0 Å². The Labute approximate surface area is 123 Å². The summed E-state index contributed by atoms with van der Waals surface area (Å²) in [5.41, 5.74) is 5.74. The molecule has 21 heavy (non-hydrogen) atoms. The number of benzene rings is 1. The van der Waals surface area contributed by atoms with Gasteiger partial charge < -0.3 is 10.6 Å². The van der Waals surface area contributed by atoms with Gasteiger partial charge in [-0.1, -0.05) is 12.1 Å². The summed E-state index contributed by atoms with van der Waals surface area (Å²) in [6.45, 7) is 5.35. The molecule has 1 fully saturated rings. The van der Waals surface area contributed by atoms with Crippen LogP contribution < -0.4 is 5.73 Å². The van der Waals surface area contributed by atoms with Crippen LogP contribution in [0.2, 0.25) is 0 Å². The highest BCUT2D eigenvalue weighted by atomic mass is 19.2. The van der Waals surface area contributed by atoms with Gasteiger partial charge in [0.05, 0.1) is 6.42 Å². The zero-order chi connectivity index (χ0) is 15.4. The second kappa shape index (κ2) is 6.95. The molecule has 1 aliphatic rings. The predicted octanol–water partition coefficient (Wildman–Crippen LogP) is 0.999. The van der Waals surface area contributed by atoms with Crippen LogP contribution in [0.1, 0.15) is 12.5 Å². The second-order valence-corrected chi connectivity index (χ2v) is 5.39. The van der Waals surface area contributed by atoms with E-state index >= 15 is 0 Å². The summed E-state index contributed by atoms with van der Waals surface area (Å²) in [7, 11) is 0. The Balaban J connectivity index is 1.92. The van der Waals surface area contributed by atoms with Crippen LogP contribution in [0.5, 0.6) is 0 Å². The maximum atomic E-state index is 13.6. The van der Waals surface area contributed by atoms with Crippen LogP contribution in [0.15, 0.2) is 18.2 Å². The number of nitrogens with zero attached hydrogens (tertiary/aromatic N) is 2. The van der Waals surface area contributed by atoms with Crippen LogP contribution >= 0.6 is 0 Å². The third-order valence-electron chi connectivity index (χ3n) is 4.00. The third kappa shape index (κ3) is 3.77. The monoisotopic (exact) mass is 297 g/mol. The van der Waals surface area contributed by atoms with E-state index in [9.17, 15) is 13.6 Å². The Kier molecular flexibility index (Phi) is 5.25. The molecule has 2 N–H and O–H groups in total. The summed E-state index contributed by atoms with van der Waals surface area (Å²) < 4.78 is 26.7. The van der Waals surface area contributed by atoms with Crippen molar-refractivity contribution in [3.05, 3.63) is 35.4 Å². The maximum absolute atomic E-state index is 13.6. The van der Waals surface area contributed by atoms with E-state index in [2.05, 4.69) is 11.8 Å². The first-order chi connectivity index (χ1) is 10.0. The van der Waals surface area contributed by atoms with Gasteiger partial charge in [0.2, 0.25) is 5.91 Å². The molecule has 1 saturated heterocycles. The summed E-state index contributed by atoms with van der Waals surface area (Å²) in [6, 6.07) is 4.21. The number of hydrogen-bond donors (Lipinski definition) is 1. The van der Waals surface area contributed by atoms with Crippen LogP contribution in [0.4, 0.5) is 8.78 Å². The third-order valence-corrected chi connectivity index (χ3v) is 4.00. The predicted molar refractivity (Wildman–Crippen MR) is 76.7 cm³/mol. The topological polar surface area (TPSA) is 49.6 Å². The fourth-order valence-electron chi connectivity index (χ4n) is 2.52. The molecule has 0 spiro atoms. The lowest BCUT2D eigenvalue weighted by Crippen LogP contribution is -2.53. The maximum Gasteiger partial charge on any atom is 0.227 e. The van der Waals surface area contributed by atoms with Gasteiger partial charge in [0.15, 0.2) is 11.6 Å². The number of rotatable bonds is 4. The van der Waals surface area contributed by atoms with Gasteiger partial charge in [-0.15, -0.1) is 0 Å². The molecule has 116 valence electrons. The molecule has 1 atom stereocenters. The highest BCUT2D eigenvalue weighted by Crippen LogP contribution is 2.14. The number of halogens is 2. The van der Waals surface area contributed by atoms with Crippen LogP contribution in [-0.4, -0.2) is 54.5 Å². The minimum absolute atomic E-state index is 0.101. The minimum Gasteiger partial charge on any atom is -0.340 e. The Morgan fingerprint density at radius 2 is 1.95 bits per heavy atom. The fraction of sp³-hybridized carbons (Fsp3) is 0.533. The summed E-state index contributed by atoms with van der Waals surface area (Å²) >= 11 is 0. The van der Waals surface area contributed by atoms with Gasteiger partial charge in [0, 0.05) is 44.3 Å². The molecule has 6 heteroatoms. The molecule has 0 radical (unpaired) electrons. The van der Waals surface area contributed by atoms with Crippen LogP contribution in [0.3, 0.4) is 0 Å². The molecule has 1 aromatic carbocycles. The first-order valence-corrected chi connectivity index (χ1v) is 7.17. The molecule has 0 aliphatic carbocycles. The van der Waals surface area contributed by atoms with Gasteiger partial charge in [-0.2, -0.15) is 0 Å². The van der Waals surface area contributed by atoms with Crippen molar-refractivity contribution in [2.75, 3.05) is 32.7 Å². The van der Waals surface area contributed by atoms with Crippen molar-refractivity contribution in [2.45, 2.75) is 19.4 Å². The van der Waals surface area contributed by atoms with Crippen LogP contribution in [-0.2, 0) is 11.2 Å². The normalized spacial score (nSPS) is 17.8. The number of hydrogen-bond acceptors (Lipinski definition) is 3. The smallest absolute Gasteiger partial charge is 0.227 e. The lowest BCUT2D eigenvalue weighted by atomic mass is 10.1. The molecule has 4 nitrogen and oxygen atoms in total. The molecule has 1 unspecified atom stereocenters. The Hall–Kier alpha value is -1.53. The lowest BCUT2D eigenvalue weighted by Gasteiger charge is -2.37.